The van der Waals surface area contributed by atoms with Gasteiger partial charge in [-0.3, -0.25) is 4.79 Å². The van der Waals surface area contributed by atoms with Crippen LogP contribution in [0.1, 0.15) is 21.5 Å². The van der Waals surface area contributed by atoms with Gasteiger partial charge in [-0.15, -0.1) is 0 Å². The van der Waals surface area contributed by atoms with Crippen molar-refractivity contribution < 1.29 is 14.3 Å². The van der Waals surface area contributed by atoms with E-state index >= 15 is 0 Å². The van der Waals surface area contributed by atoms with Crippen LogP contribution >= 0.6 is 0 Å². The van der Waals surface area contributed by atoms with Crippen LogP contribution in [0.2, 0.25) is 0 Å². The van der Waals surface area contributed by atoms with Crippen molar-refractivity contribution in [3.05, 3.63) is 53.1 Å². The Hall–Kier alpha value is -2.49. The zero-order chi connectivity index (χ0) is 15.1. The first-order valence-electron chi connectivity index (χ1n) is 7.54. The molecule has 0 radical (unpaired) electrons. The van der Waals surface area contributed by atoms with Crippen molar-refractivity contribution in [3.8, 4) is 11.5 Å². The van der Waals surface area contributed by atoms with Gasteiger partial charge in [-0.2, -0.15) is 0 Å². The Labute approximate surface area is 129 Å². The first-order chi connectivity index (χ1) is 10.7. The van der Waals surface area contributed by atoms with Crippen LogP contribution < -0.4 is 14.4 Å². The lowest BCUT2D eigenvalue weighted by Gasteiger charge is -2.22. The number of carbonyl (C=O) groups excluding carboxylic acids is 1. The molecule has 0 aliphatic carbocycles. The maximum absolute atomic E-state index is 12.9. The molecule has 0 saturated heterocycles. The van der Waals surface area contributed by atoms with Gasteiger partial charge in [0, 0.05) is 17.8 Å². The van der Waals surface area contributed by atoms with Crippen LogP contribution in [0.25, 0.3) is 0 Å². The summed E-state index contributed by atoms with van der Waals surface area (Å²) in [7, 11) is 0. The normalized spacial score (nSPS) is 15.6. The van der Waals surface area contributed by atoms with Gasteiger partial charge in [0.2, 0.25) is 0 Å². The Morgan fingerprint density at radius 1 is 1.09 bits per heavy atom. The smallest absolute Gasteiger partial charge is 0.258 e. The van der Waals surface area contributed by atoms with Crippen LogP contribution in [0.4, 0.5) is 5.69 Å². The lowest BCUT2D eigenvalue weighted by atomic mass is 10.1. The van der Waals surface area contributed by atoms with Gasteiger partial charge >= 0.3 is 0 Å². The molecular weight excluding hydrogens is 278 g/mol. The van der Waals surface area contributed by atoms with Gasteiger partial charge in [0.25, 0.3) is 5.91 Å². The average Bonchev–Trinajstić information content (AvgIpc) is 2.97. The Balaban J connectivity index is 1.72. The van der Waals surface area contributed by atoms with Crippen molar-refractivity contribution in [3.63, 3.8) is 0 Å². The Kier molecular flexibility index (Phi) is 3.03. The van der Waals surface area contributed by atoms with E-state index in [-0.39, 0.29) is 5.91 Å². The molecule has 22 heavy (non-hydrogen) atoms. The number of carbonyl (C=O) groups is 1. The van der Waals surface area contributed by atoms with Gasteiger partial charge in [0.15, 0.2) is 11.5 Å². The summed E-state index contributed by atoms with van der Waals surface area (Å²) in [5, 5.41) is 0. The largest absolute Gasteiger partial charge is 0.486 e. The van der Waals surface area contributed by atoms with E-state index in [4.69, 9.17) is 9.47 Å². The summed E-state index contributed by atoms with van der Waals surface area (Å²) in [6.07, 6.45) is 0.908. The summed E-state index contributed by atoms with van der Waals surface area (Å²) >= 11 is 0. The zero-order valence-electron chi connectivity index (χ0n) is 12.5. The molecule has 0 saturated carbocycles. The Bertz CT molecular complexity index is 754. The van der Waals surface area contributed by atoms with Gasteiger partial charge < -0.3 is 14.4 Å². The fourth-order valence-electron chi connectivity index (χ4n) is 3.12. The van der Waals surface area contributed by atoms with E-state index in [9.17, 15) is 4.79 Å². The molecule has 112 valence electrons. The highest BCUT2D eigenvalue weighted by Gasteiger charge is 2.27. The van der Waals surface area contributed by atoms with E-state index < -0.39 is 0 Å². The molecule has 0 bridgehead atoms. The molecule has 1 amide bonds. The lowest BCUT2D eigenvalue weighted by molar-refractivity contribution is 0.0987. The number of amides is 1. The third kappa shape index (κ3) is 2.03. The highest BCUT2D eigenvalue weighted by molar-refractivity contribution is 6.08. The predicted octanol–water partition coefficient (Wildman–Crippen LogP) is 2.97. The van der Waals surface area contributed by atoms with Crippen molar-refractivity contribution in [2.45, 2.75) is 13.3 Å². The van der Waals surface area contributed by atoms with Crippen LogP contribution in [0.3, 0.4) is 0 Å². The van der Waals surface area contributed by atoms with E-state index in [1.807, 2.05) is 42.2 Å². The summed E-state index contributed by atoms with van der Waals surface area (Å²) in [5.41, 5.74) is 3.84. The minimum atomic E-state index is 0.0272. The molecule has 4 nitrogen and oxygen atoms in total. The van der Waals surface area contributed by atoms with E-state index in [1.165, 1.54) is 5.56 Å². The number of hydrogen-bond acceptors (Lipinski definition) is 3. The average molecular weight is 295 g/mol. The molecule has 0 aromatic heterocycles. The standard InChI is InChI=1S/C18H17NO3/c1-12-10-16-17(22-9-8-21-16)11-14(12)18(20)19-7-6-13-4-2-3-5-15(13)19/h2-5,10-11H,6-9H2,1H3. The van der Waals surface area contributed by atoms with Gasteiger partial charge in [-0.25, -0.2) is 0 Å². The van der Waals surface area contributed by atoms with Crippen molar-refractivity contribution in [1.29, 1.82) is 0 Å². The van der Waals surface area contributed by atoms with Crippen molar-refractivity contribution in [2.24, 2.45) is 0 Å². The highest BCUT2D eigenvalue weighted by atomic mass is 16.6. The number of benzene rings is 2. The first kappa shape index (κ1) is 13.2. The van der Waals surface area contributed by atoms with E-state index in [0.717, 1.165) is 30.0 Å². The summed E-state index contributed by atoms with van der Waals surface area (Å²) in [5.74, 6) is 1.41. The fraction of sp³-hybridized carbons (Fsp3) is 0.278. The summed E-state index contributed by atoms with van der Waals surface area (Å²) in [6, 6.07) is 11.8. The highest BCUT2D eigenvalue weighted by Crippen LogP contribution is 2.35. The Morgan fingerprint density at radius 3 is 2.64 bits per heavy atom. The number of ether oxygens (including phenoxy) is 2. The molecule has 0 spiro atoms. The SMILES string of the molecule is Cc1cc2c(cc1C(=O)N1CCc3ccccc31)OCCO2. The van der Waals surface area contributed by atoms with E-state index in [0.29, 0.717) is 24.5 Å². The summed E-state index contributed by atoms with van der Waals surface area (Å²) < 4.78 is 11.2. The molecule has 2 aromatic rings. The monoisotopic (exact) mass is 295 g/mol. The number of rotatable bonds is 1. The van der Waals surface area contributed by atoms with Crippen LogP contribution in [0.15, 0.2) is 36.4 Å². The number of fused-ring (bicyclic) bond motifs is 2. The summed E-state index contributed by atoms with van der Waals surface area (Å²) in [6.45, 7) is 3.75. The number of nitrogens with zero attached hydrogens (tertiary/aromatic N) is 1. The molecule has 0 fully saturated rings. The van der Waals surface area contributed by atoms with Crippen LogP contribution in [-0.2, 0) is 6.42 Å². The quantitative estimate of drug-likeness (QED) is 0.812. The molecule has 4 heteroatoms. The molecule has 2 aliphatic rings. The molecule has 2 aliphatic heterocycles. The predicted molar refractivity (Wildman–Crippen MR) is 84.0 cm³/mol. The third-order valence-electron chi connectivity index (χ3n) is 4.25. The fourth-order valence-corrected chi connectivity index (χ4v) is 3.12. The topological polar surface area (TPSA) is 38.8 Å². The van der Waals surface area contributed by atoms with E-state index in [2.05, 4.69) is 6.07 Å². The van der Waals surface area contributed by atoms with Gasteiger partial charge in [-0.05, 0) is 42.7 Å². The summed E-state index contributed by atoms with van der Waals surface area (Å²) in [4.78, 5) is 14.8. The van der Waals surface area contributed by atoms with Gasteiger partial charge in [-0.1, -0.05) is 18.2 Å². The minimum absolute atomic E-state index is 0.0272. The van der Waals surface area contributed by atoms with Crippen molar-refractivity contribution in [1.82, 2.24) is 0 Å². The molecule has 0 atom stereocenters. The van der Waals surface area contributed by atoms with Crippen molar-refractivity contribution >= 4 is 11.6 Å². The molecule has 4 rings (SSSR count). The second kappa shape index (κ2) is 5.05. The number of aryl methyl sites for hydroxylation is 1. The second-order valence-corrected chi connectivity index (χ2v) is 5.65. The van der Waals surface area contributed by atoms with Crippen molar-refractivity contribution in [2.75, 3.05) is 24.7 Å². The third-order valence-corrected chi connectivity index (χ3v) is 4.25. The molecule has 0 N–H and O–H groups in total. The zero-order valence-corrected chi connectivity index (χ0v) is 12.5. The molecular formula is C18H17NO3. The second-order valence-electron chi connectivity index (χ2n) is 5.65. The number of hydrogen-bond donors (Lipinski definition) is 0. The van der Waals surface area contributed by atoms with Crippen LogP contribution in [-0.4, -0.2) is 25.7 Å². The lowest BCUT2D eigenvalue weighted by Crippen LogP contribution is -2.29. The van der Waals surface area contributed by atoms with Gasteiger partial charge in [0.05, 0.1) is 0 Å². The van der Waals surface area contributed by atoms with Crippen LogP contribution in [0, 0.1) is 6.92 Å². The van der Waals surface area contributed by atoms with Gasteiger partial charge in [0.1, 0.15) is 13.2 Å². The van der Waals surface area contributed by atoms with E-state index in [1.54, 1.807) is 0 Å². The maximum atomic E-state index is 12.9. The Morgan fingerprint density at radius 2 is 1.82 bits per heavy atom. The molecule has 0 unspecified atom stereocenters. The number of anilines is 1. The minimum Gasteiger partial charge on any atom is -0.486 e. The van der Waals surface area contributed by atoms with Crippen LogP contribution in [0.5, 0.6) is 11.5 Å². The number of para-hydroxylation sites is 1. The first-order valence-corrected chi connectivity index (χ1v) is 7.54. The molecule has 2 aromatic carbocycles. The maximum Gasteiger partial charge on any atom is 0.258 e. The molecule has 2 heterocycles.